The Morgan fingerprint density at radius 2 is 1.88 bits per heavy atom. The molecule has 1 rings (SSSR count). The number of rotatable bonds is 7. The van der Waals surface area contributed by atoms with E-state index in [9.17, 15) is 5.11 Å². The van der Waals surface area contributed by atoms with E-state index in [1.54, 1.807) is 12.1 Å². The third-order valence-corrected chi connectivity index (χ3v) is 2.24. The van der Waals surface area contributed by atoms with Crippen molar-refractivity contribution in [3.05, 3.63) is 34.9 Å². The number of hydrogen-bond donors (Lipinski definition) is 1. The summed E-state index contributed by atoms with van der Waals surface area (Å²) >= 11 is 5.75. The normalized spacial score (nSPS) is 12.1. The molecule has 0 aliphatic carbocycles. The highest BCUT2D eigenvalue weighted by molar-refractivity contribution is 6.30. The molecule has 0 spiro atoms. The van der Waals surface area contributed by atoms with Gasteiger partial charge in [-0.15, -0.1) is 6.42 Å². The van der Waals surface area contributed by atoms with E-state index in [2.05, 4.69) is 5.92 Å². The van der Waals surface area contributed by atoms with E-state index >= 15 is 0 Å². The Bertz CT molecular complexity index is 356. The summed E-state index contributed by atoms with van der Waals surface area (Å²) in [5.41, 5.74) is 1.01. The third kappa shape index (κ3) is 6.30. The number of benzene rings is 1. The Morgan fingerprint density at radius 3 is 2.53 bits per heavy atom. The number of halogens is 1. The molecular weight excluding hydrogens is 240 g/mol. The van der Waals surface area contributed by atoms with Crippen molar-refractivity contribution in [3.8, 4) is 12.3 Å². The molecule has 0 saturated heterocycles. The summed E-state index contributed by atoms with van der Waals surface area (Å²) in [5, 5.41) is 10.1. The molecule has 0 amide bonds. The standard InChI is InChI=1S/C13H15ClO3/c1-2-7-16-9-13(15)10-17-8-11-3-5-12(14)6-4-11/h1,3-6,13,15H,7-10H2. The van der Waals surface area contributed by atoms with Crippen LogP contribution in [0.1, 0.15) is 5.56 Å². The van der Waals surface area contributed by atoms with E-state index in [0.717, 1.165) is 5.56 Å². The van der Waals surface area contributed by atoms with E-state index in [1.807, 2.05) is 12.1 Å². The molecule has 92 valence electrons. The first-order chi connectivity index (χ1) is 8.22. The van der Waals surface area contributed by atoms with Gasteiger partial charge in [0.1, 0.15) is 12.7 Å². The smallest absolute Gasteiger partial charge is 0.107 e. The maximum atomic E-state index is 9.46. The minimum absolute atomic E-state index is 0.185. The molecule has 0 aromatic heterocycles. The molecule has 1 atom stereocenters. The van der Waals surface area contributed by atoms with E-state index in [0.29, 0.717) is 11.6 Å². The summed E-state index contributed by atoms with van der Waals surface area (Å²) in [4.78, 5) is 0. The Hall–Kier alpha value is -1.05. The van der Waals surface area contributed by atoms with Crippen molar-refractivity contribution in [2.24, 2.45) is 0 Å². The predicted molar refractivity (Wildman–Crippen MR) is 66.8 cm³/mol. The van der Waals surface area contributed by atoms with Crippen LogP contribution in [0.3, 0.4) is 0 Å². The van der Waals surface area contributed by atoms with Gasteiger partial charge in [0, 0.05) is 5.02 Å². The van der Waals surface area contributed by atoms with E-state index < -0.39 is 6.10 Å². The number of aliphatic hydroxyl groups is 1. The summed E-state index contributed by atoms with van der Waals surface area (Å²) in [6.45, 7) is 1.04. The lowest BCUT2D eigenvalue weighted by Gasteiger charge is -2.10. The van der Waals surface area contributed by atoms with Gasteiger partial charge in [-0.25, -0.2) is 0 Å². The first-order valence-corrected chi connectivity index (χ1v) is 5.61. The third-order valence-electron chi connectivity index (χ3n) is 1.99. The second kappa shape index (κ2) is 8.10. The van der Waals surface area contributed by atoms with Gasteiger partial charge in [-0.2, -0.15) is 0 Å². The zero-order valence-electron chi connectivity index (χ0n) is 9.43. The van der Waals surface area contributed by atoms with Crippen LogP contribution in [0.4, 0.5) is 0 Å². The fraction of sp³-hybridized carbons (Fsp3) is 0.385. The second-order valence-electron chi connectivity index (χ2n) is 3.51. The van der Waals surface area contributed by atoms with Crippen molar-refractivity contribution in [1.29, 1.82) is 0 Å². The SMILES string of the molecule is C#CCOCC(O)COCc1ccc(Cl)cc1. The number of aliphatic hydroxyl groups excluding tert-OH is 1. The lowest BCUT2D eigenvalue weighted by Crippen LogP contribution is -2.21. The monoisotopic (exact) mass is 254 g/mol. The maximum Gasteiger partial charge on any atom is 0.107 e. The van der Waals surface area contributed by atoms with Crippen molar-refractivity contribution in [1.82, 2.24) is 0 Å². The molecule has 0 heterocycles. The fourth-order valence-corrected chi connectivity index (χ4v) is 1.32. The molecular formula is C13H15ClO3. The van der Waals surface area contributed by atoms with E-state index in [1.165, 1.54) is 0 Å². The van der Waals surface area contributed by atoms with Crippen LogP contribution in [0, 0.1) is 12.3 Å². The van der Waals surface area contributed by atoms with Gasteiger partial charge in [-0.1, -0.05) is 29.7 Å². The van der Waals surface area contributed by atoms with Crippen LogP contribution in [0.2, 0.25) is 5.02 Å². The van der Waals surface area contributed by atoms with Gasteiger partial charge < -0.3 is 14.6 Å². The maximum absolute atomic E-state index is 9.46. The highest BCUT2D eigenvalue weighted by Gasteiger charge is 2.04. The molecule has 0 aliphatic heterocycles. The van der Waals surface area contributed by atoms with Gasteiger partial charge in [0.05, 0.1) is 19.8 Å². The Kier molecular flexibility index (Phi) is 6.68. The Morgan fingerprint density at radius 1 is 1.24 bits per heavy atom. The molecule has 1 aromatic rings. The molecule has 3 nitrogen and oxygen atoms in total. The molecule has 0 bridgehead atoms. The highest BCUT2D eigenvalue weighted by Crippen LogP contribution is 2.10. The first-order valence-electron chi connectivity index (χ1n) is 5.24. The van der Waals surface area contributed by atoms with Crippen LogP contribution in [-0.4, -0.2) is 31.0 Å². The minimum atomic E-state index is -0.657. The van der Waals surface area contributed by atoms with Crippen LogP contribution < -0.4 is 0 Å². The zero-order chi connectivity index (χ0) is 12.5. The van der Waals surface area contributed by atoms with Crippen molar-refractivity contribution in [2.75, 3.05) is 19.8 Å². The second-order valence-corrected chi connectivity index (χ2v) is 3.95. The molecule has 0 saturated carbocycles. The lowest BCUT2D eigenvalue weighted by molar-refractivity contribution is -0.0170. The Balaban J connectivity index is 2.15. The van der Waals surface area contributed by atoms with E-state index in [-0.39, 0.29) is 19.8 Å². The molecule has 1 unspecified atom stereocenters. The molecule has 0 aliphatic rings. The number of terminal acetylenes is 1. The number of hydrogen-bond acceptors (Lipinski definition) is 3. The molecule has 4 heteroatoms. The quantitative estimate of drug-likeness (QED) is 0.596. The fourth-order valence-electron chi connectivity index (χ4n) is 1.20. The van der Waals surface area contributed by atoms with Gasteiger partial charge in [0.15, 0.2) is 0 Å². The average Bonchev–Trinajstić information content (AvgIpc) is 2.32. The molecule has 17 heavy (non-hydrogen) atoms. The van der Waals surface area contributed by atoms with Crippen LogP contribution in [0.5, 0.6) is 0 Å². The summed E-state index contributed by atoms with van der Waals surface area (Å²) in [6, 6.07) is 7.35. The van der Waals surface area contributed by atoms with Crippen molar-refractivity contribution >= 4 is 11.6 Å². The van der Waals surface area contributed by atoms with Crippen LogP contribution in [0.15, 0.2) is 24.3 Å². The average molecular weight is 255 g/mol. The lowest BCUT2D eigenvalue weighted by atomic mass is 10.2. The van der Waals surface area contributed by atoms with Gasteiger partial charge in [-0.3, -0.25) is 0 Å². The van der Waals surface area contributed by atoms with Gasteiger partial charge in [0.2, 0.25) is 0 Å². The van der Waals surface area contributed by atoms with Crippen molar-refractivity contribution < 1.29 is 14.6 Å². The van der Waals surface area contributed by atoms with Gasteiger partial charge >= 0.3 is 0 Å². The minimum Gasteiger partial charge on any atom is -0.388 e. The summed E-state index contributed by atoms with van der Waals surface area (Å²) in [5.74, 6) is 2.32. The topological polar surface area (TPSA) is 38.7 Å². The summed E-state index contributed by atoms with van der Waals surface area (Å²) in [6.07, 6.45) is 4.35. The van der Waals surface area contributed by atoms with E-state index in [4.69, 9.17) is 27.5 Å². The van der Waals surface area contributed by atoms with Crippen molar-refractivity contribution in [2.45, 2.75) is 12.7 Å². The van der Waals surface area contributed by atoms with Crippen LogP contribution in [0.25, 0.3) is 0 Å². The van der Waals surface area contributed by atoms with Crippen molar-refractivity contribution in [3.63, 3.8) is 0 Å². The predicted octanol–water partition coefficient (Wildman–Crippen LogP) is 1.87. The van der Waals surface area contributed by atoms with Gasteiger partial charge in [0.25, 0.3) is 0 Å². The van der Waals surface area contributed by atoms with Crippen LogP contribution in [-0.2, 0) is 16.1 Å². The largest absolute Gasteiger partial charge is 0.388 e. The zero-order valence-corrected chi connectivity index (χ0v) is 10.2. The molecule has 1 aromatic carbocycles. The number of ether oxygens (including phenoxy) is 2. The van der Waals surface area contributed by atoms with Gasteiger partial charge in [-0.05, 0) is 17.7 Å². The summed E-state index contributed by atoms with van der Waals surface area (Å²) < 4.78 is 10.3. The molecule has 0 fully saturated rings. The first kappa shape index (κ1) is 14.0. The Labute approximate surface area is 106 Å². The molecule has 0 radical (unpaired) electrons. The summed E-state index contributed by atoms with van der Waals surface area (Å²) in [7, 11) is 0. The molecule has 1 N–H and O–H groups in total. The highest BCUT2D eigenvalue weighted by atomic mass is 35.5. The van der Waals surface area contributed by atoms with Crippen LogP contribution >= 0.6 is 11.6 Å².